The number of thioether (sulfide) groups is 1. The normalized spacial score (nSPS) is 11.8. The van der Waals surface area contributed by atoms with Gasteiger partial charge in [0.25, 0.3) is 0 Å². The zero-order chi connectivity index (χ0) is 18.2. The first kappa shape index (κ1) is 19.0. The van der Waals surface area contributed by atoms with Gasteiger partial charge >= 0.3 is 0 Å². The average Bonchev–Trinajstić information content (AvgIpc) is 3.04. The average molecular weight is 367 g/mol. The number of aromatic nitrogens is 4. The number of rotatable bonds is 9. The van der Waals surface area contributed by atoms with Crippen molar-refractivity contribution < 1.29 is 19.4 Å². The Balaban J connectivity index is 1.82. The zero-order valence-electron chi connectivity index (χ0n) is 14.3. The molecule has 1 amide bonds. The fourth-order valence-electron chi connectivity index (χ4n) is 2.09. The first-order chi connectivity index (χ1) is 12.0. The van der Waals surface area contributed by atoms with Crippen LogP contribution in [0.3, 0.4) is 0 Å². The minimum atomic E-state index is -0.899. The second kappa shape index (κ2) is 9.23. The Morgan fingerprint density at radius 3 is 2.84 bits per heavy atom. The molecule has 9 nitrogen and oxygen atoms in total. The summed E-state index contributed by atoms with van der Waals surface area (Å²) in [6, 6.07) is 5.14. The van der Waals surface area contributed by atoms with Crippen molar-refractivity contribution in [2.24, 2.45) is 7.05 Å². The molecule has 0 aliphatic rings. The number of aliphatic hydroxyl groups excluding tert-OH is 1. The molecule has 1 heterocycles. The van der Waals surface area contributed by atoms with Crippen molar-refractivity contribution in [2.45, 2.75) is 17.7 Å². The van der Waals surface area contributed by atoms with Crippen LogP contribution in [0.1, 0.15) is 18.1 Å². The molecule has 0 spiro atoms. The zero-order valence-corrected chi connectivity index (χ0v) is 15.1. The molecule has 0 aliphatic heterocycles. The molecule has 1 aromatic heterocycles. The number of aryl methyl sites for hydroxylation is 1. The largest absolute Gasteiger partial charge is 0.497 e. The quantitative estimate of drug-likeness (QED) is 0.619. The molecule has 10 heteroatoms. The summed E-state index contributed by atoms with van der Waals surface area (Å²) in [4.78, 5) is 11.9. The highest BCUT2D eigenvalue weighted by Crippen LogP contribution is 2.29. The highest BCUT2D eigenvalue weighted by atomic mass is 32.2. The van der Waals surface area contributed by atoms with Crippen molar-refractivity contribution in [3.8, 4) is 11.5 Å². The number of amides is 1. The predicted octanol–water partition coefficient (Wildman–Crippen LogP) is 0.559. The fraction of sp³-hybridized carbons (Fsp3) is 0.467. The van der Waals surface area contributed by atoms with E-state index >= 15 is 0 Å². The first-order valence-electron chi connectivity index (χ1n) is 7.57. The minimum Gasteiger partial charge on any atom is -0.497 e. The molecule has 2 rings (SSSR count). The molecule has 2 aromatic rings. The Labute approximate surface area is 149 Å². The Morgan fingerprint density at radius 2 is 2.20 bits per heavy atom. The van der Waals surface area contributed by atoms with E-state index < -0.39 is 6.10 Å². The van der Waals surface area contributed by atoms with Gasteiger partial charge in [0.15, 0.2) is 0 Å². The molecule has 0 aliphatic carbocycles. The number of nitrogens with one attached hydrogen (secondary N) is 1. The molecule has 0 saturated heterocycles. The molecule has 136 valence electrons. The lowest BCUT2D eigenvalue weighted by Gasteiger charge is -2.16. The lowest BCUT2D eigenvalue weighted by atomic mass is 10.1. The number of methoxy groups -OCH3 is 2. The van der Waals surface area contributed by atoms with E-state index in [4.69, 9.17) is 9.47 Å². The maximum absolute atomic E-state index is 11.9. The first-order valence-corrected chi connectivity index (χ1v) is 8.55. The van der Waals surface area contributed by atoms with E-state index in [1.807, 2.05) is 0 Å². The molecule has 0 fully saturated rings. The summed E-state index contributed by atoms with van der Waals surface area (Å²) in [5.41, 5.74) is 0.557. The number of carbonyl (C=O) groups excluding carboxylic acids is 1. The fourth-order valence-corrected chi connectivity index (χ4v) is 2.87. The van der Waals surface area contributed by atoms with Gasteiger partial charge in [-0.05, 0) is 28.6 Å². The van der Waals surface area contributed by atoms with Crippen molar-refractivity contribution in [3.05, 3.63) is 23.8 Å². The van der Waals surface area contributed by atoms with Gasteiger partial charge in [0.1, 0.15) is 11.5 Å². The molecule has 2 N–H and O–H groups in total. The van der Waals surface area contributed by atoms with Gasteiger partial charge in [0.2, 0.25) is 11.1 Å². The monoisotopic (exact) mass is 367 g/mol. The maximum Gasteiger partial charge on any atom is 0.220 e. The standard InChI is InChI=1S/C15H21N5O4S/c1-20-15(17-18-19-20)25-7-6-14(22)16-9-12(21)11-8-10(23-2)4-5-13(11)24-3/h4-5,8,12,21H,6-7,9H2,1-3H3,(H,16,22). The van der Waals surface area contributed by atoms with E-state index in [1.165, 1.54) is 18.9 Å². The van der Waals surface area contributed by atoms with Crippen LogP contribution in [0.25, 0.3) is 0 Å². The van der Waals surface area contributed by atoms with Gasteiger partial charge < -0.3 is 19.9 Å². The molecule has 0 radical (unpaired) electrons. The number of aliphatic hydroxyl groups is 1. The van der Waals surface area contributed by atoms with Crippen molar-refractivity contribution in [3.63, 3.8) is 0 Å². The third kappa shape index (κ3) is 5.33. The number of tetrazole rings is 1. The van der Waals surface area contributed by atoms with Crippen LogP contribution in [0.2, 0.25) is 0 Å². The van der Waals surface area contributed by atoms with Gasteiger partial charge in [0, 0.05) is 31.3 Å². The Hall–Kier alpha value is -2.33. The van der Waals surface area contributed by atoms with Gasteiger partial charge in [-0.25, -0.2) is 4.68 Å². The molecular weight excluding hydrogens is 346 g/mol. The molecule has 0 bridgehead atoms. The third-order valence-electron chi connectivity index (χ3n) is 3.43. The van der Waals surface area contributed by atoms with E-state index in [2.05, 4.69) is 20.8 Å². The van der Waals surface area contributed by atoms with Crippen molar-refractivity contribution in [2.75, 3.05) is 26.5 Å². The number of hydrogen-bond donors (Lipinski definition) is 2. The number of hydrogen-bond acceptors (Lipinski definition) is 8. The topological polar surface area (TPSA) is 111 Å². The second-order valence-electron chi connectivity index (χ2n) is 5.11. The lowest BCUT2D eigenvalue weighted by Crippen LogP contribution is -2.28. The van der Waals surface area contributed by atoms with Gasteiger partial charge in [-0.15, -0.1) is 5.10 Å². The summed E-state index contributed by atoms with van der Waals surface area (Å²) in [6.07, 6.45) is -0.607. The van der Waals surface area contributed by atoms with Crippen LogP contribution in [0.5, 0.6) is 11.5 Å². The smallest absolute Gasteiger partial charge is 0.220 e. The summed E-state index contributed by atoms with van der Waals surface area (Å²) in [5, 5.41) is 24.8. The Morgan fingerprint density at radius 1 is 1.40 bits per heavy atom. The lowest BCUT2D eigenvalue weighted by molar-refractivity contribution is -0.121. The Bertz CT molecular complexity index is 709. The van der Waals surface area contributed by atoms with Crippen LogP contribution in [0.4, 0.5) is 0 Å². The van der Waals surface area contributed by atoms with E-state index in [-0.39, 0.29) is 12.5 Å². The summed E-state index contributed by atoms with van der Waals surface area (Å²) in [5.74, 6) is 1.52. The van der Waals surface area contributed by atoms with E-state index in [1.54, 1.807) is 37.0 Å². The van der Waals surface area contributed by atoms with Crippen LogP contribution in [-0.2, 0) is 11.8 Å². The molecule has 0 saturated carbocycles. The molecule has 1 atom stereocenters. The summed E-state index contributed by atoms with van der Waals surface area (Å²) in [6.45, 7) is 0.0819. The summed E-state index contributed by atoms with van der Waals surface area (Å²) in [7, 11) is 4.81. The second-order valence-corrected chi connectivity index (χ2v) is 6.17. The Kier molecular flexibility index (Phi) is 7.02. The third-order valence-corrected chi connectivity index (χ3v) is 4.44. The van der Waals surface area contributed by atoms with Crippen molar-refractivity contribution >= 4 is 17.7 Å². The van der Waals surface area contributed by atoms with Crippen LogP contribution >= 0.6 is 11.8 Å². The van der Waals surface area contributed by atoms with Gasteiger partial charge in [-0.1, -0.05) is 11.8 Å². The van der Waals surface area contributed by atoms with Crippen molar-refractivity contribution in [1.29, 1.82) is 0 Å². The molecular formula is C15H21N5O4S. The van der Waals surface area contributed by atoms with Gasteiger partial charge in [-0.3, -0.25) is 4.79 Å². The van der Waals surface area contributed by atoms with E-state index in [0.29, 0.717) is 34.4 Å². The number of benzene rings is 1. The number of nitrogens with zero attached hydrogens (tertiary/aromatic N) is 4. The number of carbonyl (C=O) groups is 1. The highest BCUT2D eigenvalue weighted by molar-refractivity contribution is 7.99. The van der Waals surface area contributed by atoms with Gasteiger partial charge in [-0.2, -0.15) is 0 Å². The summed E-state index contributed by atoms with van der Waals surface area (Å²) < 4.78 is 11.9. The SMILES string of the molecule is COc1ccc(OC)c(C(O)CNC(=O)CCSc2nnnn2C)c1. The minimum absolute atomic E-state index is 0.0819. The maximum atomic E-state index is 11.9. The molecule has 1 unspecified atom stereocenters. The predicted molar refractivity (Wildman–Crippen MR) is 91.7 cm³/mol. The molecule has 25 heavy (non-hydrogen) atoms. The highest BCUT2D eigenvalue weighted by Gasteiger charge is 2.16. The van der Waals surface area contributed by atoms with Crippen molar-refractivity contribution in [1.82, 2.24) is 25.5 Å². The van der Waals surface area contributed by atoms with E-state index in [9.17, 15) is 9.90 Å². The van der Waals surface area contributed by atoms with Crippen LogP contribution in [-0.4, -0.2) is 57.7 Å². The van der Waals surface area contributed by atoms with Crippen LogP contribution < -0.4 is 14.8 Å². The van der Waals surface area contributed by atoms with Crippen LogP contribution in [0.15, 0.2) is 23.4 Å². The van der Waals surface area contributed by atoms with Crippen LogP contribution in [0, 0.1) is 0 Å². The van der Waals surface area contributed by atoms with E-state index in [0.717, 1.165) is 0 Å². The van der Waals surface area contributed by atoms with Gasteiger partial charge in [0.05, 0.1) is 20.3 Å². The molecule has 1 aromatic carbocycles. The summed E-state index contributed by atoms with van der Waals surface area (Å²) >= 11 is 1.39. The number of ether oxygens (including phenoxy) is 2.